The Morgan fingerprint density at radius 2 is 1.85 bits per heavy atom. The minimum absolute atomic E-state index is 0.00808. The minimum Gasteiger partial charge on any atom is -0.444 e. The summed E-state index contributed by atoms with van der Waals surface area (Å²) in [5.41, 5.74) is -2.18. The molecule has 4 heterocycles. The number of pyridine rings is 2. The highest BCUT2D eigenvalue weighted by Crippen LogP contribution is 2.47. The molecule has 0 bridgehead atoms. The number of hydrogen-bond acceptors (Lipinski definition) is 8. The van der Waals surface area contributed by atoms with E-state index in [0.29, 0.717) is 12.0 Å². The van der Waals surface area contributed by atoms with Gasteiger partial charge in [-0.15, -0.1) is 0 Å². The molecule has 0 saturated heterocycles. The maximum atomic E-state index is 15.4. The highest BCUT2D eigenvalue weighted by molar-refractivity contribution is 7.96. The molecule has 0 aromatic carbocycles. The number of fused-ring (bicyclic) bond motifs is 1. The maximum absolute atomic E-state index is 15.4. The van der Waals surface area contributed by atoms with Gasteiger partial charge in [0.05, 0.1) is 21.2 Å². The van der Waals surface area contributed by atoms with Crippen LogP contribution in [0.2, 0.25) is 0 Å². The number of ether oxygens (including phenoxy) is 1. The molecule has 0 saturated carbocycles. The molecule has 0 spiro atoms. The molecule has 210 valence electrons. The second kappa shape index (κ2) is 9.61. The lowest BCUT2D eigenvalue weighted by Gasteiger charge is -2.44. The smallest absolute Gasteiger partial charge is 0.413 e. The summed E-state index contributed by atoms with van der Waals surface area (Å²) in [7, 11) is -3.09. The van der Waals surface area contributed by atoms with Gasteiger partial charge in [-0.2, -0.15) is 0 Å². The van der Waals surface area contributed by atoms with Gasteiger partial charge in [-0.1, -0.05) is 0 Å². The van der Waals surface area contributed by atoms with Gasteiger partial charge < -0.3 is 10.1 Å². The molecule has 2 aliphatic rings. The molecule has 3 atom stereocenters. The number of aliphatic imine (C=N–C) groups is 1. The number of aromatic nitrogens is 2. The second-order valence-corrected chi connectivity index (χ2v) is 14.2. The Bertz CT molecular complexity index is 1510. The molecule has 13 heteroatoms. The Kier molecular flexibility index (Phi) is 7.03. The fraction of sp³-hybridized carbons (Fsp3) is 0.500. The number of rotatable bonds is 3. The van der Waals surface area contributed by atoms with Crippen LogP contribution < -0.4 is 10.6 Å². The van der Waals surface area contributed by atoms with Crippen LogP contribution in [0.15, 0.2) is 33.8 Å². The van der Waals surface area contributed by atoms with Gasteiger partial charge in [0.25, 0.3) is 5.91 Å². The average Bonchev–Trinajstić information content (AvgIpc) is 3.22. The van der Waals surface area contributed by atoms with Gasteiger partial charge >= 0.3 is 6.09 Å². The number of amidine groups is 1. The molecule has 0 unspecified atom stereocenters. The van der Waals surface area contributed by atoms with Gasteiger partial charge in [0.15, 0.2) is 0 Å². The number of nitrogens with zero attached hydrogens (tertiary/aromatic N) is 4. The maximum Gasteiger partial charge on any atom is 0.413 e. The fourth-order valence-corrected chi connectivity index (χ4v) is 8.02. The van der Waals surface area contributed by atoms with Crippen molar-refractivity contribution in [2.75, 3.05) is 11.9 Å². The molecule has 2 amide bonds. The van der Waals surface area contributed by atoms with Gasteiger partial charge in [0, 0.05) is 6.54 Å². The quantitative estimate of drug-likeness (QED) is 0.566. The summed E-state index contributed by atoms with van der Waals surface area (Å²) in [5, 5.41) is 4.46. The summed E-state index contributed by atoms with van der Waals surface area (Å²) in [5.74, 6) is -1.96. The van der Waals surface area contributed by atoms with Crippen LogP contribution in [0.25, 0.3) is 0 Å². The zero-order valence-electron chi connectivity index (χ0n) is 22.9. The van der Waals surface area contributed by atoms with Crippen molar-refractivity contribution < 1.29 is 27.3 Å². The Labute approximate surface area is 226 Å². The third kappa shape index (κ3) is 5.11. The summed E-state index contributed by atoms with van der Waals surface area (Å²) in [6, 6.07) is 3.56. The van der Waals surface area contributed by atoms with Gasteiger partial charge in [-0.3, -0.25) is 15.1 Å². The van der Waals surface area contributed by atoms with Crippen molar-refractivity contribution >= 4 is 33.4 Å². The fourth-order valence-electron chi connectivity index (χ4n) is 4.85. The third-order valence-corrected chi connectivity index (χ3v) is 10.5. The average molecular weight is 563 g/mol. The molecule has 39 heavy (non-hydrogen) atoms. The van der Waals surface area contributed by atoms with Crippen LogP contribution in [0, 0.1) is 18.6 Å². The van der Waals surface area contributed by atoms with Gasteiger partial charge in [0.2, 0.25) is 0 Å². The number of anilines is 1. The Morgan fingerprint density at radius 1 is 1.15 bits per heavy atom. The summed E-state index contributed by atoms with van der Waals surface area (Å²) < 4.78 is 51.9. The van der Waals surface area contributed by atoms with E-state index in [0.717, 1.165) is 12.3 Å². The van der Waals surface area contributed by atoms with E-state index in [2.05, 4.69) is 25.0 Å². The van der Waals surface area contributed by atoms with Gasteiger partial charge in [-0.05, 0) is 78.6 Å². The van der Waals surface area contributed by atoms with E-state index < -0.39 is 54.5 Å². The summed E-state index contributed by atoms with van der Waals surface area (Å²) in [4.78, 5) is 38.5. The van der Waals surface area contributed by atoms with Crippen molar-refractivity contribution in [1.29, 1.82) is 0 Å². The molecular formula is C26H32F2N6O4S. The number of carbonyl (C=O) groups excluding carboxylic acids is 2. The highest BCUT2D eigenvalue weighted by atomic mass is 32.2. The number of amides is 2. The Balaban J connectivity index is 1.78. The van der Waals surface area contributed by atoms with Crippen molar-refractivity contribution in [3.8, 4) is 0 Å². The van der Waals surface area contributed by atoms with Crippen LogP contribution in [-0.4, -0.2) is 54.2 Å². The molecule has 4 rings (SSSR count). The number of alkyl carbamates (subject to hydrolysis) is 1. The van der Waals surface area contributed by atoms with Crippen molar-refractivity contribution in [3.63, 3.8) is 0 Å². The van der Waals surface area contributed by atoms with Crippen molar-refractivity contribution in [1.82, 2.24) is 15.3 Å². The van der Waals surface area contributed by atoms with E-state index in [1.807, 2.05) is 0 Å². The molecule has 2 N–H and O–H groups in total. The monoisotopic (exact) mass is 562 g/mol. The van der Waals surface area contributed by atoms with Gasteiger partial charge in [0.1, 0.15) is 50.6 Å². The van der Waals surface area contributed by atoms with Crippen LogP contribution in [0.3, 0.4) is 0 Å². The normalized spacial score (nSPS) is 25.7. The predicted molar refractivity (Wildman–Crippen MR) is 143 cm³/mol. The lowest BCUT2D eigenvalue weighted by Crippen LogP contribution is -2.61. The minimum atomic E-state index is -3.09. The first-order valence-electron chi connectivity index (χ1n) is 12.4. The van der Waals surface area contributed by atoms with E-state index in [1.165, 1.54) is 19.1 Å². The first-order chi connectivity index (χ1) is 18.0. The number of carbonyl (C=O) groups is 2. The zero-order valence-corrected chi connectivity index (χ0v) is 23.7. The van der Waals surface area contributed by atoms with Crippen LogP contribution in [-0.2, 0) is 20.0 Å². The van der Waals surface area contributed by atoms with E-state index in [1.54, 1.807) is 41.5 Å². The molecule has 0 aliphatic carbocycles. The van der Waals surface area contributed by atoms with Crippen LogP contribution >= 0.6 is 0 Å². The second-order valence-electron chi connectivity index (χ2n) is 11.2. The third-order valence-electron chi connectivity index (χ3n) is 6.78. The first-order valence-corrected chi connectivity index (χ1v) is 14.0. The van der Waals surface area contributed by atoms with Gasteiger partial charge in [-0.25, -0.2) is 32.1 Å². The molecule has 0 radical (unpaired) electrons. The molecule has 2 aliphatic heterocycles. The van der Waals surface area contributed by atoms with Crippen LogP contribution in [0.5, 0.6) is 0 Å². The molecule has 10 nitrogen and oxygen atoms in total. The van der Waals surface area contributed by atoms with Crippen LogP contribution in [0.1, 0.15) is 69.7 Å². The molecule has 0 fully saturated rings. The number of halogens is 2. The van der Waals surface area contributed by atoms with Crippen molar-refractivity contribution in [2.24, 2.45) is 9.36 Å². The molecular weight excluding hydrogens is 530 g/mol. The lowest BCUT2D eigenvalue weighted by molar-refractivity contribution is 0.0560. The predicted octanol–water partition coefficient (Wildman–Crippen LogP) is 4.49. The Morgan fingerprint density at radius 3 is 2.49 bits per heavy atom. The van der Waals surface area contributed by atoms with E-state index in [4.69, 9.17) is 9.73 Å². The molecule has 2 aromatic heterocycles. The summed E-state index contributed by atoms with van der Waals surface area (Å²) >= 11 is 0. The van der Waals surface area contributed by atoms with E-state index in [-0.39, 0.29) is 29.6 Å². The van der Waals surface area contributed by atoms with Crippen molar-refractivity contribution in [2.45, 2.75) is 76.0 Å². The topological polar surface area (TPSA) is 135 Å². The highest BCUT2D eigenvalue weighted by Gasteiger charge is 2.58. The summed E-state index contributed by atoms with van der Waals surface area (Å²) in [6.45, 7) is 11.8. The number of nitrogens with one attached hydrogen (secondary N) is 2. The largest absolute Gasteiger partial charge is 0.444 e. The standard InChI is InChI=1S/C26H32F2N6O4S/c1-14-12-15(27)13-29-19(14)21(35)32-18-9-8-16(28)20(31-18)26(7)17-10-11-30-39(17,37)25(5,6)22(34-26)33-23(36)38-24(2,3)4/h8-9,12-13,17H,10-11H2,1-7H3,(H,31,32,35)(H,33,34,36)/t17-,26+,39+/m1/s1. The van der Waals surface area contributed by atoms with Crippen molar-refractivity contribution in [3.05, 3.63) is 53.0 Å². The van der Waals surface area contributed by atoms with E-state index in [9.17, 15) is 18.2 Å². The lowest BCUT2D eigenvalue weighted by atomic mass is 9.89. The first kappa shape index (κ1) is 28.5. The SMILES string of the molecule is Cc1cc(F)cnc1C(=O)Nc1ccc(F)c([C@@]2(C)N=C(NC(=O)OC(C)(C)C)C(C)(C)[S@]3(=O)=NCC[C@H]23)n1. The number of aryl methyl sites for hydroxylation is 1. The van der Waals surface area contributed by atoms with Crippen LogP contribution in [0.4, 0.5) is 19.4 Å². The molecule has 2 aromatic rings. The van der Waals surface area contributed by atoms with E-state index >= 15 is 4.39 Å². The number of hydrogen-bond donors (Lipinski definition) is 2. The summed E-state index contributed by atoms with van der Waals surface area (Å²) in [6.07, 6.45) is 0.482. The Hall–Kier alpha value is -3.48. The zero-order chi connectivity index (χ0) is 29.0.